The van der Waals surface area contributed by atoms with Gasteiger partial charge >= 0.3 is 0 Å². The summed E-state index contributed by atoms with van der Waals surface area (Å²) in [6.07, 6.45) is 0. The Kier molecular flexibility index (Phi) is 6.35. The molecule has 2 amide bonds. The standard InChI is InChI=1S/C23H31N3O2/c1-17(2)26(18(3)4)22(27)16-24-12-14-25(15-13-24)23(28)21-11-7-9-19-8-5-6-10-20(19)21/h5-11,17-18H,12-16H2,1-4H3. The van der Waals surface area contributed by atoms with Crippen molar-refractivity contribution in [3.05, 3.63) is 48.0 Å². The molecule has 3 rings (SSSR count). The Morgan fingerprint density at radius 1 is 0.893 bits per heavy atom. The van der Waals surface area contributed by atoms with E-state index >= 15 is 0 Å². The van der Waals surface area contributed by atoms with Crippen LogP contribution in [0.2, 0.25) is 0 Å². The minimum atomic E-state index is 0.0776. The average molecular weight is 382 g/mol. The normalized spacial score (nSPS) is 15.4. The zero-order valence-corrected chi connectivity index (χ0v) is 17.4. The van der Waals surface area contributed by atoms with Crippen molar-refractivity contribution >= 4 is 22.6 Å². The minimum Gasteiger partial charge on any atom is -0.337 e. The number of amides is 2. The molecule has 2 aromatic rings. The molecule has 0 atom stereocenters. The molecule has 1 heterocycles. The number of carbonyl (C=O) groups is 2. The molecular weight excluding hydrogens is 350 g/mol. The molecule has 0 bridgehead atoms. The molecule has 0 unspecified atom stereocenters. The first-order valence-electron chi connectivity index (χ1n) is 10.2. The largest absolute Gasteiger partial charge is 0.337 e. The molecule has 0 spiro atoms. The Balaban J connectivity index is 1.62. The number of fused-ring (bicyclic) bond motifs is 1. The average Bonchev–Trinajstić information content (AvgIpc) is 2.67. The second-order valence-electron chi connectivity index (χ2n) is 8.08. The molecule has 0 aromatic heterocycles. The van der Waals surface area contributed by atoms with Crippen molar-refractivity contribution in [1.82, 2.24) is 14.7 Å². The van der Waals surface area contributed by atoms with Crippen molar-refractivity contribution in [3.63, 3.8) is 0 Å². The van der Waals surface area contributed by atoms with Gasteiger partial charge < -0.3 is 9.80 Å². The Morgan fingerprint density at radius 3 is 2.14 bits per heavy atom. The van der Waals surface area contributed by atoms with E-state index in [1.165, 1.54) is 0 Å². The van der Waals surface area contributed by atoms with E-state index in [0.29, 0.717) is 19.6 Å². The number of hydrogen-bond donors (Lipinski definition) is 0. The smallest absolute Gasteiger partial charge is 0.254 e. The first kappa shape index (κ1) is 20.3. The van der Waals surface area contributed by atoms with Crippen LogP contribution in [0.25, 0.3) is 10.8 Å². The van der Waals surface area contributed by atoms with E-state index in [1.807, 2.05) is 52.3 Å². The molecule has 150 valence electrons. The van der Waals surface area contributed by atoms with Gasteiger partial charge in [0, 0.05) is 43.8 Å². The molecule has 1 aliphatic heterocycles. The van der Waals surface area contributed by atoms with Crippen LogP contribution in [0.5, 0.6) is 0 Å². The van der Waals surface area contributed by atoms with E-state index in [1.54, 1.807) is 0 Å². The van der Waals surface area contributed by atoms with Crippen molar-refractivity contribution in [2.75, 3.05) is 32.7 Å². The molecule has 0 N–H and O–H groups in total. The molecular formula is C23H31N3O2. The molecule has 5 heteroatoms. The van der Waals surface area contributed by atoms with E-state index < -0.39 is 0 Å². The van der Waals surface area contributed by atoms with Gasteiger partial charge in [0.05, 0.1) is 6.54 Å². The molecule has 1 aliphatic rings. The molecule has 2 aromatic carbocycles. The van der Waals surface area contributed by atoms with Gasteiger partial charge in [0.1, 0.15) is 0 Å². The third-order valence-electron chi connectivity index (χ3n) is 5.44. The van der Waals surface area contributed by atoms with E-state index in [0.717, 1.165) is 29.4 Å². The van der Waals surface area contributed by atoms with Gasteiger partial charge in [-0.1, -0.05) is 36.4 Å². The maximum atomic E-state index is 13.1. The van der Waals surface area contributed by atoms with Gasteiger partial charge in [0.15, 0.2) is 0 Å². The molecule has 1 fully saturated rings. The predicted octanol–water partition coefficient (Wildman–Crippen LogP) is 3.24. The summed E-state index contributed by atoms with van der Waals surface area (Å²) >= 11 is 0. The summed E-state index contributed by atoms with van der Waals surface area (Å²) < 4.78 is 0. The van der Waals surface area contributed by atoms with Crippen LogP contribution in [0.4, 0.5) is 0 Å². The van der Waals surface area contributed by atoms with Crippen LogP contribution < -0.4 is 0 Å². The number of nitrogens with zero attached hydrogens (tertiary/aromatic N) is 3. The van der Waals surface area contributed by atoms with Crippen LogP contribution in [0.3, 0.4) is 0 Å². The zero-order valence-electron chi connectivity index (χ0n) is 17.4. The van der Waals surface area contributed by atoms with Crippen LogP contribution in [-0.4, -0.2) is 71.3 Å². The van der Waals surface area contributed by atoms with Crippen molar-refractivity contribution in [3.8, 4) is 0 Å². The molecule has 5 nitrogen and oxygen atoms in total. The first-order valence-corrected chi connectivity index (χ1v) is 10.2. The van der Waals surface area contributed by atoms with Crippen LogP contribution in [-0.2, 0) is 4.79 Å². The number of benzene rings is 2. The highest BCUT2D eigenvalue weighted by molar-refractivity contribution is 6.07. The number of piperazine rings is 1. The van der Waals surface area contributed by atoms with Crippen molar-refractivity contribution in [1.29, 1.82) is 0 Å². The lowest BCUT2D eigenvalue weighted by molar-refractivity contribution is -0.136. The van der Waals surface area contributed by atoms with Gasteiger partial charge in [-0.25, -0.2) is 0 Å². The number of rotatable bonds is 5. The van der Waals surface area contributed by atoms with E-state index in [4.69, 9.17) is 0 Å². The van der Waals surface area contributed by atoms with Crippen LogP contribution in [0, 0.1) is 0 Å². The lowest BCUT2D eigenvalue weighted by Crippen LogP contribution is -2.53. The quantitative estimate of drug-likeness (QED) is 0.799. The molecule has 28 heavy (non-hydrogen) atoms. The van der Waals surface area contributed by atoms with E-state index in [2.05, 4.69) is 32.6 Å². The monoisotopic (exact) mass is 381 g/mol. The number of hydrogen-bond acceptors (Lipinski definition) is 3. The highest BCUT2D eigenvalue weighted by atomic mass is 16.2. The zero-order chi connectivity index (χ0) is 20.3. The summed E-state index contributed by atoms with van der Waals surface area (Å²) in [6.45, 7) is 11.4. The Labute approximate surface area is 167 Å². The summed E-state index contributed by atoms with van der Waals surface area (Å²) in [5.74, 6) is 0.243. The van der Waals surface area contributed by atoms with Gasteiger partial charge in [0.25, 0.3) is 5.91 Å². The predicted molar refractivity (Wildman–Crippen MR) is 113 cm³/mol. The van der Waals surface area contributed by atoms with Gasteiger partial charge in [0.2, 0.25) is 5.91 Å². The third-order valence-corrected chi connectivity index (χ3v) is 5.44. The fraction of sp³-hybridized carbons (Fsp3) is 0.478. The molecule has 0 radical (unpaired) electrons. The first-order chi connectivity index (χ1) is 13.4. The number of carbonyl (C=O) groups excluding carboxylic acids is 2. The Hall–Kier alpha value is -2.40. The highest BCUT2D eigenvalue weighted by Gasteiger charge is 2.27. The summed E-state index contributed by atoms with van der Waals surface area (Å²) in [7, 11) is 0. The maximum Gasteiger partial charge on any atom is 0.254 e. The molecule has 0 aliphatic carbocycles. The lowest BCUT2D eigenvalue weighted by atomic mass is 10.0. The third kappa shape index (κ3) is 4.36. The van der Waals surface area contributed by atoms with Crippen LogP contribution >= 0.6 is 0 Å². The topological polar surface area (TPSA) is 43.9 Å². The maximum absolute atomic E-state index is 13.1. The van der Waals surface area contributed by atoms with E-state index in [9.17, 15) is 9.59 Å². The Morgan fingerprint density at radius 2 is 1.50 bits per heavy atom. The lowest BCUT2D eigenvalue weighted by Gasteiger charge is -2.37. The fourth-order valence-electron chi connectivity index (χ4n) is 4.14. The van der Waals surface area contributed by atoms with Gasteiger partial charge in [-0.05, 0) is 44.5 Å². The summed E-state index contributed by atoms with van der Waals surface area (Å²) in [5.41, 5.74) is 0.758. The van der Waals surface area contributed by atoms with Gasteiger partial charge in [-0.3, -0.25) is 14.5 Å². The summed E-state index contributed by atoms with van der Waals surface area (Å²) in [5, 5.41) is 2.08. The second kappa shape index (κ2) is 8.74. The van der Waals surface area contributed by atoms with Crippen molar-refractivity contribution in [2.24, 2.45) is 0 Å². The molecule has 0 saturated carbocycles. The second-order valence-corrected chi connectivity index (χ2v) is 8.08. The van der Waals surface area contributed by atoms with Crippen LogP contribution in [0.15, 0.2) is 42.5 Å². The minimum absolute atomic E-state index is 0.0776. The van der Waals surface area contributed by atoms with Gasteiger partial charge in [-0.15, -0.1) is 0 Å². The summed E-state index contributed by atoms with van der Waals surface area (Å²) in [4.78, 5) is 31.7. The molecule has 1 saturated heterocycles. The fourth-order valence-corrected chi connectivity index (χ4v) is 4.14. The highest BCUT2D eigenvalue weighted by Crippen LogP contribution is 2.20. The van der Waals surface area contributed by atoms with E-state index in [-0.39, 0.29) is 23.9 Å². The van der Waals surface area contributed by atoms with Crippen molar-refractivity contribution in [2.45, 2.75) is 39.8 Å². The van der Waals surface area contributed by atoms with Crippen molar-refractivity contribution < 1.29 is 9.59 Å². The van der Waals surface area contributed by atoms with Crippen LogP contribution in [0.1, 0.15) is 38.1 Å². The SMILES string of the molecule is CC(C)N(C(=O)CN1CCN(C(=O)c2cccc3ccccc23)CC1)C(C)C. The summed E-state index contributed by atoms with van der Waals surface area (Å²) in [6, 6.07) is 14.3. The van der Waals surface area contributed by atoms with Gasteiger partial charge in [-0.2, -0.15) is 0 Å². The Bertz CT molecular complexity index is 825.